The van der Waals surface area contributed by atoms with E-state index in [1.165, 1.54) is 0 Å². The Kier molecular flexibility index (Phi) is 15.8. The number of hydrogen-bond donors (Lipinski definition) is 2. The van der Waals surface area contributed by atoms with Crippen LogP contribution in [0.1, 0.15) is 20.3 Å². The van der Waals surface area contributed by atoms with E-state index in [0.717, 1.165) is 19.5 Å². The van der Waals surface area contributed by atoms with E-state index < -0.39 is 0 Å². The normalized spacial score (nSPS) is 11.4. The Labute approximate surface area is 122 Å². The molecule has 0 heterocycles. The van der Waals surface area contributed by atoms with Crippen LogP contribution in [0.3, 0.4) is 0 Å². The molecular weight excluding hydrogens is 333 g/mol. The molecule has 0 fully saturated rings. The second-order valence-corrected chi connectivity index (χ2v) is 4.01. The largest absolute Gasteiger partial charge is 0.382 e. The van der Waals surface area contributed by atoms with Crippen LogP contribution in [-0.4, -0.2) is 46.0 Å². The van der Waals surface area contributed by atoms with E-state index in [2.05, 4.69) is 24.2 Å². The van der Waals surface area contributed by atoms with E-state index in [1.807, 2.05) is 0 Å². The first-order chi connectivity index (χ1) is 7.66. The summed E-state index contributed by atoms with van der Waals surface area (Å²) in [4.78, 5) is 4.19. The van der Waals surface area contributed by atoms with Crippen molar-refractivity contribution >= 4 is 29.9 Å². The van der Waals surface area contributed by atoms with Gasteiger partial charge in [0.05, 0.1) is 13.2 Å². The molecule has 0 saturated carbocycles. The van der Waals surface area contributed by atoms with Crippen LogP contribution in [0.15, 0.2) is 4.99 Å². The Morgan fingerprint density at radius 3 is 2.59 bits per heavy atom. The molecule has 17 heavy (non-hydrogen) atoms. The fourth-order valence-electron chi connectivity index (χ4n) is 0.972. The first kappa shape index (κ1) is 19.3. The van der Waals surface area contributed by atoms with Gasteiger partial charge in [-0.05, 0) is 12.3 Å². The summed E-state index contributed by atoms with van der Waals surface area (Å²) in [6, 6.07) is 0. The highest BCUT2D eigenvalue weighted by Crippen LogP contribution is 1.90. The Hall–Kier alpha value is -0.0800. The smallest absolute Gasteiger partial charge is 0.188 e. The topological polar surface area (TPSA) is 68.9 Å². The summed E-state index contributed by atoms with van der Waals surface area (Å²) in [6.07, 6.45) is 0.918. The highest BCUT2D eigenvalue weighted by Gasteiger charge is 1.94. The van der Waals surface area contributed by atoms with Gasteiger partial charge < -0.3 is 20.5 Å². The van der Waals surface area contributed by atoms with Gasteiger partial charge in [0.1, 0.15) is 0 Å². The fraction of sp³-hybridized carbons (Fsp3) is 0.909. The van der Waals surface area contributed by atoms with Crippen molar-refractivity contribution in [3.05, 3.63) is 0 Å². The fourth-order valence-corrected chi connectivity index (χ4v) is 0.972. The summed E-state index contributed by atoms with van der Waals surface area (Å²) >= 11 is 0. The SMILES string of the molecule is COCCOCCCNC(N)=NCC(C)C.I. The number of ether oxygens (including phenoxy) is 2. The van der Waals surface area contributed by atoms with Gasteiger partial charge >= 0.3 is 0 Å². The summed E-state index contributed by atoms with van der Waals surface area (Å²) < 4.78 is 10.2. The zero-order valence-electron chi connectivity index (χ0n) is 11.1. The molecule has 0 aromatic rings. The summed E-state index contributed by atoms with van der Waals surface area (Å²) in [5, 5.41) is 3.05. The molecule has 0 aromatic heterocycles. The molecule has 0 unspecified atom stereocenters. The van der Waals surface area contributed by atoms with E-state index >= 15 is 0 Å². The highest BCUT2D eigenvalue weighted by atomic mass is 127. The third-order valence-corrected chi connectivity index (χ3v) is 1.83. The van der Waals surface area contributed by atoms with Gasteiger partial charge in [0, 0.05) is 26.8 Å². The zero-order chi connectivity index (χ0) is 12.2. The maximum Gasteiger partial charge on any atom is 0.188 e. The minimum absolute atomic E-state index is 0. The lowest BCUT2D eigenvalue weighted by Gasteiger charge is -2.07. The second-order valence-electron chi connectivity index (χ2n) is 4.01. The molecule has 104 valence electrons. The van der Waals surface area contributed by atoms with Crippen LogP contribution in [0.25, 0.3) is 0 Å². The average Bonchev–Trinajstić information content (AvgIpc) is 2.25. The van der Waals surface area contributed by atoms with Gasteiger partial charge in [-0.15, -0.1) is 24.0 Å². The van der Waals surface area contributed by atoms with E-state index in [0.29, 0.717) is 31.7 Å². The molecule has 3 N–H and O–H groups in total. The Morgan fingerprint density at radius 2 is 2.00 bits per heavy atom. The molecule has 6 heteroatoms. The Balaban J connectivity index is 0. The number of guanidine groups is 1. The molecule has 0 aliphatic rings. The molecule has 0 aliphatic carbocycles. The number of methoxy groups -OCH3 is 1. The van der Waals surface area contributed by atoms with Gasteiger partial charge in [0.2, 0.25) is 0 Å². The lowest BCUT2D eigenvalue weighted by molar-refractivity contribution is 0.0698. The van der Waals surface area contributed by atoms with Crippen molar-refractivity contribution in [2.45, 2.75) is 20.3 Å². The lowest BCUT2D eigenvalue weighted by atomic mass is 10.2. The van der Waals surface area contributed by atoms with Crippen molar-refractivity contribution in [2.75, 3.05) is 40.0 Å². The molecule has 0 radical (unpaired) electrons. The van der Waals surface area contributed by atoms with Gasteiger partial charge in [-0.25, -0.2) is 0 Å². The van der Waals surface area contributed by atoms with Crippen LogP contribution in [0.4, 0.5) is 0 Å². The van der Waals surface area contributed by atoms with E-state index in [4.69, 9.17) is 15.2 Å². The van der Waals surface area contributed by atoms with E-state index in [-0.39, 0.29) is 24.0 Å². The van der Waals surface area contributed by atoms with Gasteiger partial charge in [-0.2, -0.15) is 0 Å². The zero-order valence-corrected chi connectivity index (χ0v) is 13.4. The van der Waals surface area contributed by atoms with Crippen molar-refractivity contribution in [3.63, 3.8) is 0 Å². The first-order valence-electron chi connectivity index (χ1n) is 5.77. The van der Waals surface area contributed by atoms with Crippen LogP contribution >= 0.6 is 24.0 Å². The highest BCUT2D eigenvalue weighted by molar-refractivity contribution is 14.0. The van der Waals surface area contributed by atoms with Gasteiger partial charge in [-0.3, -0.25) is 4.99 Å². The molecule has 0 spiro atoms. The number of rotatable bonds is 9. The van der Waals surface area contributed by atoms with Crippen molar-refractivity contribution in [1.29, 1.82) is 0 Å². The summed E-state index contributed by atoms with van der Waals surface area (Å²) in [6.45, 7) is 7.79. The molecule has 0 bridgehead atoms. The molecule has 0 atom stereocenters. The molecule has 0 rings (SSSR count). The quantitative estimate of drug-likeness (QED) is 0.281. The van der Waals surface area contributed by atoms with Gasteiger partial charge in [-0.1, -0.05) is 13.8 Å². The molecular formula is C11H26IN3O2. The van der Waals surface area contributed by atoms with Crippen LogP contribution in [0.2, 0.25) is 0 Å². The number of halogens is 1. The standard InChI is InChI=1S/C11H25N3O2.HI/c1-10(2)9-14-11(12)13-5-4-6-16-8-7-15-3;/h10H,4-9H2,1-3H3,(H3,12,13,14);1H. The number of nitrogens with zero attached hydrogens (tertiary/aromatic N) is 1. The van der Waals surface area contributed by atoms with E-state index in [9.17, 15) is 0 Å². The minimum atomic E-state index is 0. The monoisotopic (exact) mass is 359 g/mol. The van der Waals surface area contributed by atoms with Gasteiger partial charge in [0.25, 0.3) is 0 Å². The number of nitrogens with one attached hydrogen (secondary N) is 1. The maximum absolute atomic E-state index is 5.66. The van der Waals surface area contributed by atoms with Crippen molar-refractivity contribution < 1.29 is 9.47 Å². The van der Waals surface area contributed by atoms with Crippen molar-refractivity contribution in [2.24, 2.45) is 16.6 Å². The lowest BCUT2D eigenvalue weighted by Crippen LogP contribution is -2.33. The third-order valence-electron chi connectivity index (χ3n) is 1.83. The molecule has 0 saturated heterocycles. The average molecular weight is 359 g/mol. The molecule has 0 amide bonds. The summed E-state index contributed by atoms with van der Waals surface area (Å²) in [7, 11) is 1.66. The maximum atomic E-state index is 5.66. The minimum Gasteiger partial charge on any atom is -0.382 e. The molecule has 5 nitrogen and oxygen atoms in total. The van der Waals surface area contributed by atoms with Crippen LogP contribution in [-0.2, 0) is 9.47 Å². The number of hydrogen-bond acceptors (Lipinski definition) is 3. The van der Waals surface area contributed by atoms with Crippen molar-refractivity contribution in [3.8, 4) is 0 Å². The molecule has 0 aromatic carbocycles. The Bertz CT molecular complexity index is 190. The first-order valence-corrected chi connectivity index (χ1v) is 5.77. The summed E-state index contributed by atoms with van der Waals surface area (Å²) in [5.41, 5.74) is 5.66. The number of nitrogens with two attached hydrogens (primary N) is 1. The molecule has 0 aliphatic heterocycles. The van der Waals surface area contributed by atoms with E-state index in [1.54, 1.807) is 7.11 Å². The number of aliphatic imine (C=N–C) groups is 1. The predicted octanol–water partition coefficient (Wildman–Crippen LogP) is 1.22. The predicted molar refractivity (Wildman–Crippen MR) is 82.1 cm³/mol. The third kappa shape index (κ3) is 15.9. The van der Waals surface area contributed by atoms with Crippen LogP contribution in [0.5, 0.6) is 0 Å². The second kappa shape index (κ2) is 14.0. The van der Waals surface area contributed by atoms with Gasteiger partial charge in [0.15, 0.2) is 5.96 Å². The Morgan fingerprint density at radius 1 is 1.29 bits per heavy atom. The summed E-state index contributed by atoms with van der Waals surface area (Å²) in [5.74, 6) is 1.06. The van der Waals surface area contributed by atoms with Crippen LogP contribution in [0, 0.1) is 5.92 Å². The van der Waals surface area contributed by atoms with Crippen molar-refractivity contribution in [1.82, 2.24) is 5.32 Å². The van der Waals surface area contributed by atoms with Crippen LogP contribution < -0.4 is 11.1 Å².